The van der Waals surface area contributed by atoms with Gasteiger partial charge in [-0.05, 0) is 43.3 Å². The molecule has 0 radical (unpaired) electrons. The molecule has 0 aliphatic rings. The van der Waals surface area contributed by atoms with Gasteiger partial charge in [0, 0.05) is 22.9 Å². The van der Waals surface area contributed by atoms with E-state index in [-0.39, 0.29) is 0 Å². The van der Waals surface area contributed by atoms with E-state index < -0.39 is 0 Å². The molecule has 0 heterocycles. The predicted molar refractivity (Wildman–Crippen MR) is 73.4 cm³/mol. The average molecular weight is 276 g/mol. The van der Waals surface area contributed by atoms with Crippen molar-refractivity contribution in [1.29, 1.82) is 0 Å². The maximum absolute atomic E-state index is 3.44. The van der Waals surface area contributed by atoms with Gasteiger partial charge in [0.05, 0.1) is 0 Å². The number of benzene rings is 2. The maximum atomic E-state index is 3.44. The molecule has 0 bridgehead atoms. The molecular formula is C14H14BrN. The summed E-state index contributed by atoms with van der Waals surface area (Å²) < 4.78 is 1.11. The molecular weight excluding hydrogens is 262 g/mol. The first-order chi connectivity index (χ1) is 7.66. The van der Waals surface area contributed by atoms with Gasteiger partial charge >= 0.3 is 0 Å². The van der Waals surface area contributed by atoms with E-state index in [0.717, 1.165) is 4.47 Å². The smallest absolute Gasteiger partial charge is 0.0408 e. The Morgan fingerprint density at radius 3 is 1.75 bits per heavy atom. The summed E-state index contributed by atoms with van der Waals surface area (Å²) in [6, 6.07) is 16.8. The van der Waals surface area contributed by atoms with Crippen LogP contribution in [0.3, 0.4) is 0 Å². The molecule has 2 heteroatoms. The van der Waals surface area contributed by atoms with Gasteiger partial charge in [-0.15, -0.1) is 0 Å². The zero-order valence-electron chi connectivity index (χ0n) is 9.44. The summed E-state index contributed by atoms with van der Waals surface area (Å²) in [4.78, 5) is 2.17. The second-order valence-electron chi connectivity index (χ2n) is 3.87. The quantitative estimate of drug-likeness (QED) is 0.779. The number of hydrogen-bond donors (Lipinski definition) is 0. The lowest BCUT2D eigenvalue weighted by Crippen LogP contribution is -2.08. The molecule has 82 valence electrons. The first kappa shape index (κ1) is 11.2. The van der Waals surface area contributed by atoms with E-state index in [0.29, 0.717) is 0 Å². The van der Waals surface area contributed by atoms with Gasteiger partial charge in [0.25, 0.3) is 0 Å². The largest absolute Gasteiger partial charge is 0.345 e. The van der Waals surface area contributed by atoms with Crippen molar-refractivity contribution in [3.05, 3.63) is 58.6 Å². The molecule has 0 spiro atoms. The van der Waals surface area contributed by atoms with Crippen molar-refractivity contribution in [2.75, 3.05) is 11.9 Å². The van der Waals surface area contributed by atoms with Crippen molar-refractivity contribution >= 4 is 27.3 Å². The highest BCUT2D eigenvalue weighted by Gasteiger charge is 2.02. The molecule has 0 aromatic heterocycles. The minimum absolute atomic E-state index is 1.11. The van der Waals surface area contributed by atoms with Crippen LogP contribution in [-0.2, 0) is 0 Å². The van der Waals surface area contributed by atoms with Crippen LogP contribution in [0.1, 0.15) is 5.56 Å². The summed E-state index contributed by atoms with van der Waals surface area (Å²) in [7, 11) is 2.08. The molecule has 2 aromatic carbocycles. The third kappa shape index (κ3) is 2.45. The summed E-state index contributed by atoms with van der Waals surface area (Å²) in [6.07, 6.45) is 0. The Kier molecular flexibility index (Phi) is 3.30. The highest BCUT2D eigenvalue weighted by Crippen LogP contribution is 2.24. The van der Waals surface area contributed by atoms with E-state index in [2.05, 4.69) is 83.3 Å². The zero-order valence-corrected chi connectivity index (χ0v) is 11.0. The van der Waals surface area contributed by atoms with Gasteiger partial charge in [-0.25, -0.2) is 0 Å². The molecule has 0 aliphatic heterocycles. The summed E-state index contributed by atoms with van der Waals surface area (Å²) in [5.74, 6) is 0. The fourth-order valence-electron chi connectivity index (χ4n) is 1.58. The molecule has 16 heavy (non-hydrogen) atoms. The average Bonchev–Trinajstić information content (AvgIpc) is 2.30. The third-order valence-corrected chi connectivity index (χ3v) is 3.16. The Morgan fingerprint density at radius 2 is 1.25 bits per heavy atom. The molecule has 1 nitrogen and oxygen atoms in total. The number of hydrogen-bond acceptors (Lipinski definition) is 1. The fourth-order valence-corrected chi connectivity index (χ4v) is 1.85. The van der Waals surface area contributed by atoms with E-state index >= 15 is 0 Å². The molecule has 0 saturated carbocycles. The molecule has 0 unspecified atom stereocenters. The maximum Gasteiger partial charge on any atom is 0.0408 e. The Hall–Kier alpha value is -1.28. The predicted octanol–water partition coefficient (Wildman–Crippen LogP) is 4.53. The zero-order chi connectivity index (χ0) is 11.5. The molecule has 0 saturated heterocycles. The highest BCUT2D eigenvalue weighted by atomic mass is 79.9. The van der Waals surface area contributed by atoms with Crippen LogP contribution in [0.25, 0.3) is 0 Å². The Balaban J connectivity index is 2.28. The number of rotatable bonds is 2. The van der Waals surface area contributed by atoms with Crippen LogP contribution in [-0.4, -0.2) is 7.05 Å². The first-order valence-corrected chi connectivity index (χ1v) is 6.02. The minimum Gasteiger partial charge on any atom is -0.345 e. The summed E-state index contributed by atoms with van der Waals surface area (Å²) in [5, 5.41) is 0. The van der Waals surface area contributed by atoms with Gasteiger partial charge in [-0.1, -0.05) is 33.6 Å². The SMILES string of the molecule is Cc1ccc(N(C)c2ccc(Br)cc2)cc1. The van der Waals surface area contributed by atoms with E-state index in [1.807, 2.05) is 0 Å². The first-order valence-electron chi connectivity index (χ1n) is 5.23. The number of aryl methyl sites for hydroxylation is 1. The van der Waals surface area contributed by atoms with Crippen LogP contribution < -0.4 is 4.90 Å². The Labute approximate surface area is 105 Å². The van der Waals surface area contributed by atoms with Crippen molar-refractivity contribution in [2.24, 2.45) is 0 Å². The van der Waals surface area contributed by atoms with Crippen molar-refractivity contribution in [3.8, 4) is 0 Å². The lowest BCUT2D eigenvalue weighted by Gasteiger charge is -2.19. The van der Waals surface area contributed by atoms with Gasteiger partial charge in [0.15, 0.2) is 0 Å². The van der Waals surface area contributed by atoms with Gasteiger partial charge in [-0.3, -0.25) is 0 Å². The lowest BCUT2D eigenvalue weighted by atomic mass is 10.2. The molecule has 2 rings (SSSR count). The second kappa shape index (κ2) is 4.71. The monoisotopic (exact) mass is 275 g/mol. The van der Waals surface area contributed by atoms with Crippen LogP contribution in [0.4, 0.5) is 11.4 Å². The van der Waals surface area contributed by atoms with E-state index in [4.69, 9.17) is 0 Å². The number of anilines is 2. The summed E-state index contributed by atoms with van der Waals surface area (Å²) in [5.41, 5.74) is 3.67. The molecule has 2 aromatic rings. The van der Waals surface area contributed by atoms with Gasteiger partial charge in [0.1, 0.15) is 0 Å². The van der Waals surface area contributed by atoms with Crippen LogP contribution >= 0.6 is 15.9 Å². The molecule has 0 aliphatic carbocycles. The van der Waals surface area contributed by atoms with E-state index in [9.17, 15) is 0 Å². The van der Waals surface area contributed by atoms with Gasteiger partial charge in [0.2, 0.25) is 0 Å². The van der Waals surface area contributed by atoms with E-state index in [1.165, 1.54) is 16.9 Å². The normalized spacial score (nSPS) is 10.2. The van der Waals surface area contributed by atoms with Crippen LogP contribution in [0.15, 0.2) is 53.0 Å². The number of nitrogens with zero attached hydrogens (tertiary/aromatic N) is 1. The lowest BCUT2D eigenvalue weighted by molar-refractivity contribution is 1.20. The molecule has 0 amide bonds. The molecule has 0 fully saturated rings. The Morgan fingerprint density at radius 1 is 0.812 bits per heavy atom. The van der Waals surface area contributed by atoms with Crippen molar-refractivity contribution in [3.63, 3.8) is 0 Å². The van der Waals surface area contributed by atoms with Gasteiger partial charge < -0.3 is 4.90 Å². The van der Waals surface area contributed by atoms with Gasteiger partial charge in [-0.2, -0.15) is 0 Å². The minimum atomic E-state index is 1.11. The standard InChI is InChI=1S/C14H14BrN/c1-11-3-7-13(8-4-11)16(2)14-9-5-12(15)6-10-14/h3-10H,1-2H3. The topological polar surface area (TPSA) is 3.24 Å². The fraction of sp³-hybridized carbons (Fsp3) is 0.143. The van der Waals surface area contributed by atoms with Crippen LogP contribution in [0.5, 0.6) is 0 Å². The number of halogens is 1. The summed E-state index contributed by atoms with van der Waals surface area (Å²) in [6.45, 7) is 2.10. The molecule has 0 atom stereocenters. The van der Waals surface area contributed by atoms with E-state index in [1.54, 1.807) is 0 Å². The third-order valence-electron chi connectivity index (χ3n) is 2.64. The van der Waals surface area contributed by atoms with Crippen LogP contribution in [0.2, 0.25) is 0 Å². The van der Waals surface area contributed by atoms with Crippen molar-refractivity contribution in [2.45, 2.75) is 6.92 Å². The highest BCUT2D eigenvalue weighted by molar-refractivity contribution is 9.10. The van der Waals surface area contributed by atoms with Crippen molar-refractivity contribution in [1.82, 2.24) is 0 Å². The second-order valence-corrected chi connectivity index (χ2v) is 4.79. The van der Waals surface area contributed by atoms with Crippen molar-refractivity contribution < 1.29 is 0 Å². The van der Waals surface area contributed by atoms with Crippen LogP contribution in [0, 0.1) is 6.92 Å². The summed E-state index contributed by atoms with van der Waals surface area (Å²) >= 11 is 3.44. The molecule has 0 N–H and O–H groups in total. The Bertz CT molecular complexity index is 414.